The van der Waals surface area contributed by atoms with Crippen molar-refractivity contribution >= 4 is 35.2 Å². The number of nitrogens with zero attached hydrogens (tertiary/aromatic N) is 2. The van der Waals surface area contributed by atoms with Crippen LogP contribution >= 0.6 is 11.8 Å². The van der Waals surface area contributed by atoms with Gasteiger partial charge in [-0.1, -0.05) is 18.2 Å². The van der Waals surface area contributed by atoms with Gasteiger partial charge in [0.05, 0.1) is 18.3 Å². The van der Waals surface area contributed by atoms with Crippen LogP contribution < -0.4 is 61.4 Å². The zero-order valence-corrected chi connectivity index (χ0v) is 17.8. The van der Waals surface area contributed by atoms with Crippen LogP contribution in [-0.4, -0.2) is 51.6 Å². The zero-order chi connectivity index (χ0) is 17.4. The molecule has 2 heterocycles. The third-order valence-corrected chi connectivity index (χ3v) is 5.38. The van der Waals surface area contributed by atoms with Gasteiger partial charge < -0.3 is 15.0 Å². The molecule has 1 aromatic rings. The molecule has 0 bridgehead atoms. The fourth-order valence-corrected chi connectivity index (χ4v) is 4.38. The average molecular weight is 386 g/mol. The van der Waals surface area contributed by atoms with Crippen LogP contribution in [0.4, 0.5) is 5.69 Å². The molecule has 126 valence electrons. The second-order valence-electron chi connectivity index (χ2n) is 5.48. The molecule has 0 aliphatic carbocycles. The van der Waals surface area contributed by atoms with Crippen molar-refractivity contribution in [1.29, 1.82) is 0 Å². The number of aliphatic carboxylic acids is 1. The van der Waals surface area contributed by atoms with Crippen molar-refractivity contribution in [2.75, 3.05) is 17.3 Å². The number of aliphatic hydroxyl groups excluding tert-OH is 1. The van der Waals surface area contributed by atoms with Crippen LogP contribution in [0.3, 0.4) is 0 Å². The normalized spacial score (nSPS) is 21.8. The SMILES string of the molecule is CC(=O)N(c1ccccc1)C1C(=O)N2C(C(=O)[O-])=C(CO)CSC12.[K+]. The molecule has 2 aliphatic heterocycles. The molecule has 0 radical (unpaired) electrons. The number of thioether (sulfide) groups is 1. The predicted molar refractivity (Wildman–Crippen MR) is 85.6 cm³/mol. The molecule has 2 aliphatic rings. The monoisotopic (exact) mass is 386 g/mol. The number of carbonyl (C=O) groups is 3. The van der Waals surface area contributed by atoms with E-state index in [2.05, 4.69) is 0 Å². The van der Waals surface area contributed by atoms with E-state index >= 15 is 0 Å². The number of carbonyl (C=O) groups excluding carboxylic acids is 3. The van der Waals surface area contributed by atoms with Crippen LogP contribution in [0.5, 0.6) is 0 Å². The first kappa shape index (κ1) is 20.6. The van der Waals surface area contributed by atoms with E-state index in [0.717, 1.165) is 4.90 Å². The van der Waals surface area contributed by atoms with Gasteiger partial charge in [-0.3, -0.25) is 19.4 Å². The zero-order valence-electron chi connectivity index (χ0n) is 13.8. The van der Waals surface area contributed by atoms with Crippen molar-refractivity contribution < 1.29 is 76.0 Å². The van der Waals surface area contributed by atoms with E-state index < -0.39 is 29.9 Å². The van der Waals surface area contributed by atoms with Gasteiger partial charge in [0.2, 0.25) is 5.91 Å². The molecule has 2 atom stereocenters. The molecule has 1 N–H and O–H groups in total. The van der Waals surface area contributed by atoms with Gasteiger partial charge in [0.25, 0.3) is 5.91 Å². The average Bonchev–Trinajstić information content (AvgIpc) is 2.58. The molecule has 0 spiro atoms. The van der Waals surface area contributed by atoms with Crippen molar-refractivity contribution in [3.63, 3.8) is 0 Å². The second kappa shape index (κ2) is 8.34. The van der Waals surface area contributed by atoms with Crippen molar-refractivity contribution in [2.45, 2.75) is 18.3 Å². The Morgan fingerprint density at radius 2 is 2.00 bits per heavy atom. The number of carboxylic acids is 1. The molecule has 7 nitrogen and oxygen atoms in total. The van der Waals surface area contributed by atoms with Gasteiger partial charge in [-0.25, -0.2) is 0 Å². The van der Waals surface area contributed by atoms with Gasteiger partial charge in [-0.15, -0.1) is 11.8 Å². The van der Waals surface area contributed by atoms with E-state index in [1.807, 2.05) is 0 Å². The summed E-state index contributed by atoms with van der Waals surface area (Å²) < 4.78 is 0. The molecule has 9 heteroatoms. The van der Waals surface area contributed by atoms with Crippen LogP contribution in [-0.2, 0) is 14.4 Å². The maximum atomic E-state index is 12.6. The summed E-state index contributed by atoms with van der Waals surface area (Å²) in [5.74, 6) is -2.01. The summed E-state index contributed by atoms with van der Waals surface area (Å²) in [7, 11) is 0. The third-order valence-electron chi connectivity index (χ3n) is 4.06. The molecule has 0 aromatic heterocycles. The second-order valence-corrected chi connectivity index (χ2v) is 6.58. The van der Waals surface area contributed by atoms with E-state index in [-0.39, 0.29) is 74.3 Å². The minimum atomic E-state index is -1.50. The topological polar surface area (TPSA) is 101 Å². The van der Waals surface area contributed by atoms with Gasteiger partial charge in [0.15, 0.2) is 0 Å². The van der Waals surface area contributed by atoms with Gasteiger partial charge in [-0.05, 0) is 17.7 Å². The Morgan fingerprint density at radius 1 is 1.36 bits per heavy atom. The number of para-hydroxylation sites is 1. The molecule has 2 unspecified atom stereocenters. The van der Waals surface area contributed by atoms with Crippen molar-refractivity contribution in [3.05, 3.63) is 41.6 Å². The van der Waals surface area contributed by atoms with Crippen LogP contribution in [0.25, 0.3) is 0 Å². The van der Waals surface area contributed by atoms with Gasteiger partial charge in [0, 0.05) is 18.4 Å². The number of anilines is 1. The largest absolute Gasteiger partial charge is 1.00 e. The number of carboxylic acid groups (broad SMARTS) is 1. The molecule has 25 heavy (non-hydrogen) atoms. The maximum Gasteiger partial charge on any atom is 1.00 e. The smallest absolute Gasteiger partial charge is 0.543 e. The predicted octanol–water partition coefficient (Wildman–Crippen LogP) is -3.68. The van der Waals surface area contributed by atoms with E-state index in [1.54, 1.807) is 30.3 Å². The van der Waals surface area contributed by atoms with Crippen molar-refractivity contribution in [2.24, 2.45) is 0 Å². The molecular formula is C16H15KN2O5S. The first-order valence-electron chi connectivity index (χ1n) is 7.31. The number of amides is 2. The number of β-lactam (4-membered cyclic amide) rings is 1. The number of benzene rings is 1. The molecule has 2 amide bonds. The summed E-state index contributed by atoms with van der Waals surface area (Å²) in [5, 5.41) is 20.2. The number of aliphatic hydroxyl groups is 1. The van der Waals surface area contributed by atoms with Gasteiger partial charge >= 0.3 is 51.4 Å². The van der Waals surface area contributed by atoms with Gasteiger partial charge in [-0.2, -0.15) is 0 Å². The number of rotatable bonds is 4. The first-order chi connectivity index (χ1) is 11.5. The maximum absolute atomic E-state index is 12.6. The number of hydrogen-bond acceptors (Lipinski definition) is 6. The molecule has 3 rings (SSSR count). The Bertz CT molecular complexity index is 739. The summed E-state index contributed by atoms with van der Waals surface area (Å²) in [6, 6.07) is 7.99. The van der Waals surface area contributed by atoms with Crippen LogP contribution in [0.2, 0.25) is 0 Å². The van der Waals surface area contributed by atoms with Crippen LogP contribution in [0, 0.1) is 0 Å². The summed E-state index contributed by atoms with van der Waals surface area (Å²) in [5.41, 5.74) is 0.548. The molecule has 1 aromatic carbocycles. The minimum absolute atomic E-state index is 0. The Kier molecular flexibility index (Phi) is 6.88. The Hall–Kier alpha value is -0.684. The summed E-state index contributed by atoms with van der Waals surface area (Å²) >= 11 is 1.32. The van der Waals surface area contributed by atoms with Crippen LogP contribution in [0.15, 0.2) is 41.6 Å². The van der Waals surface area contributed by atoms with Crippen molar-refractivity contribution in [1.82, 2.24) is 4.90 Å². The van der Waals surface area contributed by atoms with Crippen LogP contribution in [0.1, 0.15) is 6.92 Å². The standard InChI is InChI=1S/C16H16N2O5S.K/c1-9(20)17(11-5-3-2-4-6-11)13-14(21)18-12(16(22)23)10(7-19)8-24-15(13)18;/h2-6,13,15,19H,7-8H2,1H3,(H,22,23);/q;+1/p-1. The number of hydrogen-bond donors (Lipinski definition) is 1. The molecule has 1 fully saturated rings. The van der Waals surface area contributed by atoms with Crippen molar-refractivity contribution in [3.8, 4) is 0 Å². The Morgan fingerprint density at radius 3 is 2.52 bits per heavy atom. The fourth-order valence-electron chi connectivity index (χ4n) is 3.00. The summed E-state index contributed by atoms with van der Waals surface area (Å²) in [6.45, 7) is 0.914. The molecular weight excluding hydrogens is 371 g/mol. The first-order valence-corrected chi connectivity index (χ1v) is 8.36. The number of fused-ring (bicyclic) bond motifs is 1. The quantitative estimate of drug-likeness (QED) is 0.423. The fraction of sp³-hybridized carbons (Fsp3) is 0.312. The minimum Gasteiger partial charge on any atom is -0.543 e. The van der Waals surface area contributed by atoms with E-state index in [4.69, 9.17) is 0 Å². The Labute approximate surface area is 191 Å². The molecule has 0 saturated carbocycles. The van der Waals surface area contributed by atoms with E-state index in [9.17, 15) is 24.6 Å². The summed E-state index contributed by atoms with van der Waals surface area (Å²) in [4.78, 5) is 38.6. The van der Waals surface area contributed by atoms with Gasteiger partial charge in [0.1, 0.15) is 11.4 Å². The van der Waals surface area contributed by atoms with E-state index in [1.165, 1.54) is 23.6 Å². The Balaban J connectivity index is 0.00000225. The molecule has 1 saturated heterocycles. The summed E-state index contributed by atoms with van der Waals surface area (Å²) in [6.07, 6.45) is 0. The third kappa shape index (κ3) is 3.59. The van der Waals surface area contributed by atoms with E-state index in [0.29, 0.717) is 5.69 Å².